The molecule has 0 aliphatic heterocycles. The third kappa shape index (κ3) is 4.78. The second-order valence-corrected chi connectivity index (χ2v) is 6.04. The molecule has 3 nitrogen and oxygen atoms in total. The summed E-state index contributed by atoms with van der Waals surface area (Å²) in [5, 5.41) is 7.21. The van der Waals surface area contributed by atoms with Crippen molar-refractivity contribution in [2.75, 3.05) is 0 Å². The van der Waals surface area contributed by atoms with Crippen LogP contribution in [0.15, 0.2) is 29.6 Å². The predicted octanol–water partition coefficient (Wildman–Crippen LogP) is 4.26. The lowest BCUT2D eigenvalue weighted by atomic mass is 10.2. The first-order chi connectivity index (χ1) is 9.67. The standard InChI is InChI=1S/C15H19ClN2OS/c1-3-11(2)17-8-13-10-20-15(18-13)9-19-14-6-4-12(16)5-7-14/h4-7,10-11,17H,3,8-9H2,1-2H3. The van der Waals surface area contributed by atoms with Crippen molar-refractivity contribution in [3.63, 3.8) is 0 Å². The molecule has 1 heterocycles. The van der Waals surface area contributed by atoms with Crippen molar-refractivity contribution in [2.45, 2.75) is 39.5 Å². The van der Waals surface area contributed by atoms with E-state index < -0.39 is 0 Å². The zero-order valence-corrected chi connectivity index (χ0v) is 13.3. The summed E-state index contributed by atoms with van der Waals surface area (Å²) in [4.78, 5) is 4.55. The topological polar surface area (TPSA) is 34.1 Å². The van der Waals surface area contributed by atoms with Gasteiger partial charge in [0.25, 0.3) is 0 Å². The van der Waals surface area contributed by atoms with Crippen LogP contribution >= 0.6 is 22.9 Å². The Morgan fingerprint density at radius 2 is 2.10 bits per heavy atom. The Morgan fingerprint density at radius 1 is 1.35 bits per heavy atom. The Hall–Kier alpha value is -1.10. The first-order valence-corrected chi connectivity index (χ1v) is 7.98. The number of halogens is 1. The van der Waals surface area contributed by atoms with Gasteiger partial charge in [-0.25, -0.2) is 4.98 Å². The number of hydrogen-bond donors (Lipinski definition) is 1. The summed E-state index contributed by atoms with van der Waals surface area (Å²) in [6.07, 6.45) is 1.12. The minimum atomic E-state index is 0.496. The first-order valence-electron chi connectivity index (χ1n) is 6.72. The van der Waals surface area contributed by atoms with E-state index in [1.54, 1.807) is 11.3 Å². The first kappa shape index (κ1) is 15.3. The summed E-state index contributed by atoms with van der Waals surface area (Å²) >= 11 is 7.46. The van der Waals surface area contributed by atoms with Crippen molar-refractivity contribution in [1.82, 2.24) is 10.3 Å². The molecule has 0 saturated heterocycles. The van der Waals surface area contributed by atoms with Gasteiger partial charge in [-0.2, -0.15) is 0 Å². The SMILES string of the molecule is CCC(C)NCc1csc(COc2ccc(Cl)cc2)n1. The molecule has 0 aliphatic rings. The Balaban J connectivity index is 1.82. The maximum atomic E-state index is 5.83. The molecule has 1 atom stereocenters. The zero-order chi connectivity index (χ0) is 14.4. The number of benzene rings is 1. The van der Waals surface area contributed by atoms with Gasteiger partial charge in [0.2, 0.25) is 0 Å². The van der Waals surface area contributed by atoms with Gasteiger partial charge in [0.15, 0.2) is 0 Å². The molecule has 108 valence electrons. The number of rotatable bonds is 7. The van der Waals surface area contributed by atoms with Gasteiger partial charge < -0.3 is 10.1 Å². The molecule has 20 heavy (non-hydrogen) atoms. The fraction of sp³-hybridized carbons (Fsp3) is 0.400. The van der Waals surface area contributed by atoms with Crippen LogP contribution in [-0.2, 0) is 13.2 Å². The predicted molar refractivity (Wildman–Crippen MR) is 84.5 cm³/mol. The quantitative estimate of drug-likeness (QED) is 0.829. The lowest BCUT2D eigenvalue weighted by Gasteiger charge is -2.08. The van der Waals surface area contributed by atoms with Crippen molar-refractivity contribution < 1.29 is 4.74 Å². The molecule has 0 fully saturated rings. The van der Waals surface area contributed by atoms with Crippen LogP contribution in [0.5, 0.6) is 5.75 Å². The summed E-state index contributed by atoms with van der Waals surface area (Å²) in [6.45, 7) is 5.66. The molecule has 1 N–H and O–H groups in total. The van der Waals surface area contributed by atoms with Crippen molar-refractivity contribution in [3.05, 3.63) is 45.4 Å². The highest BCUT2D eigenvalue weighted by atomic mass is 35.5. The van der Waals surface area contributed by atoms with E-state index in [0.717, 1.165) is 29.4 Å². The van der Waals surface area contributed by atoms with Gasteiger partial charge in [0, 0.05) is 23.0 Å². The van der Waals surface area contributed by atoms with Crippen LogP contribution in [0.1, 0.15) is 31.0 Å². The highest BCUT2D eigenvalue weighted by Crippen LogP contribution is 2.18. The third-order valence-electron chi connectivity index (χ3n) is 3.02. The van der Waals surface area contributed by atoms with E-state index in [2.05, 4.69) is 29.5 Å². The summed E-state index contributed by atoms with van der Waals surface area (Å²) in [5.74, 6) is 0.809. The molecule has 0 saturated carbocycles. The van der Waals surface area contributed by atoms with Gasteiger partial charge in [-0.15, -0.1) is 11.3 Å². The van der Waals surface area contributed by atoms with Crippen LogP contribution in [-0.4, -0.2) is 11.0 Å². The molecule has 1 aromatic heterocycles. The number of hydrogen-bond acceptors (Lipinski definition) is 4. The molecule has 0 amide bonds. The number of ether oxygens (including phenoxy) is 1. The van der Waals surface area contributed by atoms with Crippen molar-refractivity contribution in [3.8, 4) is 5.75 Å². The molecule has 2 rings (SSSR count). The van der Waals surface area contributed by atoms with Gasteiger partial charge in [-0.1, -0.05) is 18.5 Å². The van der Waals surface area contributed by atoms with Crippen molar-refractivity contribution in [1.29, 1.82) is 0 Å². The lowest BCUT2D eigenvalue weighted by Crippen LogP contribution is -2.24. The second-order valence-electron chi connectivity index (χ2n) is 4.67. The van der Waals surface area contributed by atoms with Gasteiger partial charge in [-0.3, -0.25) is 0 Å². The monoisotopic (exact) mass is 310 g/mol. The van der Waals surface area contributed by atoms with E-state index in [4.69, 9.17) is 16.3 Å². The molecule has 0 aliphatic carbocycles. The normalized spacial score (nSPS) is 12.3. The Morgan fingerprint density at radius 3 is 2.80 bits per heavy atom. The van der Waals surface area contributed by atoms with Crippen molar-refractivity contribution in [2.24, 2.45) is 0 Å². The number of nitrogens with one attached hydrogen (secondary N) is 1. The fourth-order valence-corrected chi connectivity index (χ4v) is 2.43. The highest BCUT2D eigenvalue weighted by molar-refractivity contribution is 7.09. The van der Waals surface area contributed by atoms with Gasteiger partial charge in [0.1, 0.15) is 17.4 Å². The molecule has 0 radical (unpaired) electrons. The fourth-order valence-electron chi connectivity index (χ4n) is 1.60. The zero-order valence-electron chi connectivity index (χ0n) is 11.7. The van der Waals surface area contributed by atoms with Crippen LogP contribution in [0.3, 0.4) is 0 Å². The van der Waals surface area contributed by atoms with Crippen LogP contribution in [0.25, 0.3) is 0 Å². The Kier molecular flexibility index (Phi) is 5.83. The van der Waals surface area contributed by atoms with E-state index in [0.29, 0.717) is 17.7 Å². The number of nitrogens with zero attached hydrogens (tertiary/aromatic N) is 1. The van der Waals surface area contributed by atoms with Crippen LogP contribution in [0.2, 0.25) is 5.02 Å². The lowest BCUT2D eigenvalue weighted by molar-refractivity contribution is 0.305. The molecule has 0 bridgehead atoms. The van der Waals surface area contributed by atoms with Gasteiger partial charge in [0.05, 0.1) is 5.69 Å². The maximum Gasteiger partial charge on any atom is 0.140 e. The maximum absolute atomic E-state index is 5.83. The number of aromatic nitrogens is 1. The number of thiazole rings is 1. The van der Waals surface area contributed by atoms with E-state index in [-0.39, 0.29) is 0 Å². The Bertz CT molecular complexity index is 527. The minimum Gasteiger partial charge on any atom is -0.486 e. The van der Waals surface area contributed by atoms with E-state index in [1.165, 1.54) is 0 Å². The van der Waals surface area contributed by atoms with Crippen LogP contribution < -0.4 is 10.1 Å². The second kappa shape index (κ2) is 7.62. The average molecular weight is 311 g/mol. The molecule has 2 aromatic rings. The molecular weight excluding hydrogens is 292 g/mol. The third-order valence-corrected chi connectivity index (χ3v) is 4.14. The molecule has 0 spiro atoms. The molecule has 5 heteroatoms. The summed E-state index contributed by atoms with van der Waals surface area (Å²) in [7, 11) is 0. The van der Waals surface area contributed by atoms with Gasteiger partial charge >= 0.3 is 0 Å². The summed E-state index contributed by atoms with van der Waals surface area (Å²) in [6, 6.07) is 7.88. The van der Waals surface area contributed by atoms with Crippen LogP contribution in [0, 0.1) is 0 Å². The Labute approximate surface area is 129 Å². The highest BCUT2D eigenvalue weighted by Gasteiger charge is 2.04. The van der Waals surface area contributed by atoms with Gasteiger partial charge in [-0.05, 0) is 37.6 Å². The summed E-state index contributed by atoms with van der Waals surface area (Å²) < 4.78 is 5.68. The van der Waals surface area contributed by atoms with Crippen molar-refractivity contribution >= 4 is 22.9 Å². The molecule has 1 unspecified atom stereocenters. The van der Waals surface area contributed by atoms with E-state index >= 15 is 0 Å². The smallest absolute Gasteiger partial charge is 0.140 e. The van der Waals surface area contributed by atoms with E-state index in [1.807, 2.05) is 24.3 Å². The van der Waals surface area contributed by atoms with Crippen LogP contribution in [0.4, 0.5) is 0 Å². The minimum absolute atomic E-state index is 0.496. The van der Waals surface area contributed by atoms with E-state index in [9.17, 15) is 0 Å². The summed E-state index contributed by atoms with van der Waals surface area (Å²) in [5.41, 5.74) is 1.07. The average Bonchev–Trinajstić information content (AvgIpc) is 2.92. The molecule has 1 aromatic carbocycles. The largest absolute Gasteiger partial charge is 0.486 e. The molecular formula is C15H19ClN2OS.